The van der Waals surface area contributed by atoms with Crippen molar-refractivity contribution < 1.29 is 4.74 Å². The molecule has 0 aliphatic rings. The molecule has 1 N–H and O–H groups in total. The normalized spacial score (nSPS) is 10.0. The zero-order valence-electron chi connectivity index (χ0n) is 9.02. The number of ether oxygens (including phenoxy) is 1. The molecule has 2 rings (SSSR count). The third kappa shape index (κ3) is 3.02. The van der Waals surface area contributed by atoms with Crippen molar-refractivity contribution >= 4 is 5.69 Å². The van der Waals surface area contributed by atoms with E-state index in [0.29, 0.717) is 12.3 Å². The van der Waals surface area contributed by atoms with Crippen LogP contribution in [0, 0.1) is 0 Å². The third-order valence-electron chi connectivity index (χ3n) is 2.36. The lowest BCUT2D eigenvalue weighted by molar-refractivity contribution is 0.322. The highest BCUT2D eigenvalue weighted by Gasteiger charge is 1.95. The maximum Gasteiger partial charge on any atom is 0.119 e. The van der Waals surface area contributed by atoms with E-state index < -0.39 is 0 Å². The molecule has 81 valence electrons. The maximum absolute atomic E-state index is 7.35. The number of benzene rings is 2. The van der Waals surface area contributed by atoms with Crippen LogP contribution in [-0.2, 0) is 6.42 Å². The van der Waals surface area contributed by atoms with Gasteiger partial charge in [0.25, 0.3) is 0 Å². The second-order valence-corrected chi connectivity index (χ2v) is 3.61. The van der Waals surface area contributed by atoms with Gasteiger partial charge in [-0.1, -0.05) is 30.3 Å². The zero-order valence-corrected chi connectivity index (χ0v) is 9.02. The average Bonchev–Trinajstić information content (AvgIpc) is 2.33. The van der Waals surface area contributed by atoms with Crippen LogP contribution < -0.4 is 10.5 Å². The molecule has 0 spiro atoms. The molecule has 16 heavy (non-hydrogen) atoms. The summed E-state index contributed by atoms with van der Waals surface area (Å²) < 4.78 is 5.58. The van der Waals surface area contributed by atoms with Gasteiger partial charge < -0.3 is 10.5 Å². The van der Waals surface area contributed by atoms with E-state index in [1.54, 1.807) is 12.1 Å². The molecule has 2 heteroatoms. The minimum atomic E-state index is 0.510. The molecule has 0 aliphatic heterocycles. The monoisotopic (exact) mass is 212 g/mol. The number of nitrogens with one attached hydrogen (secondary N) is 1. The largest absolute Gasteiger partial charge is 0.493 e. The molecule has 2 aromatic carbocycles. The van der Waals surface area contributed by atoms with Gasteiger partial charge in [0, 0.05) is 6.42 Å². The van der Waals surface area contributed by atoms with Crippen molar-refractivity contribution in [2.45, 2.75) is 6.42 Å². The van der Waals surface area contributed by atoms with Crippen LogP contribution in [0.3, 0.4) is 0 Å². The van der Waals surface area contributed by atoms with E-state index in [1.165, 1.54) is 5.56 Å². The van der Waals surface area contributed by atoms with Gasteiger partial charge in [0.15, 0.2) is 0 Å². The summed E-state index contributed by atoms with van der Waals surface area (Å²) in [5.74, 6) is 0.826. The smallest absolute Gasteiger partial charge is 0.119 e. The lowest BCUT2D eigenvalue weighted by Crippen LogP contribution is -2.00. The van der Waals surface area contributed by atoms with Gasteiger partial charge in [-0.2, -0.15) is 0 Å². The Bertz CT molecular complexity index is 422. The topological polar surface area (TPSA) is 33.0 Å². The Kier molecular flexibility index (Phi) is 3.44. The summed E-state index contributed by atoms with van der Waals surface area (Å²) in [6, 6.07) is 17.4. The van der Waals surface area contributed by atoms with Gasteiger partial charge in [0.1, 0.15) is 5.75 Å². The van der Waals surface area contributed by atoms with E-state index in [9.17, 15) is 0 Å². The van der Waals surface area contributed by atoms with Crippen molar-refractivity contribution in [3.05, 3.63) is 60.2 Å². The van der Waals surface area contributed by atoms with E-state index in [1.807, 2.05) is 30.3 Å². The Morgan fingerprint density at radius 2 is 1.56 bits per heavy atom. The van der Waals surface area contributed by atoms with E-state index in [4.69, 9.17) is 10.5 Å². The van der Waals surface area contributed by atoms with Gasteiger partial charge in [-0.05, 0) is 29.8 Å². The second kappa shape index (κ2) is 5.21. The predicted molar refractivity (Wildman–Crippen MR) is 64.8 cm³/mol. The second-order valence-electron chi connectivity index (χ2n) is 3.61. The van der Waals surface area contributed by atoms with Crippen LogP contribution >= 0.6 is 0 Å². The lowest BCUT2D eigenvalue weighted by Gasteiger charge is -2.06. The summed E-state index contributed by atoms with van der Waals surface area (Å²) in [4.78, 5) is 0. The summed E-state index contributed by atoms with van der Waals surface area (Å²) in [5.41, 5.74) is 9.13. The van der Waals surface area contributed by atoms with Crippen molar-refractivity contribution in [2.75, 3.05) is 6.61 Å². The third-order valence-corrected chi connectivity index (χ3v) is 2.36. The van der Waals surface area contributed by atoms with Crippen molar-refractivity contribution in [3.8, 4) is 5.75 Å². The molecule has 2 nitrogen and oxygen atoms in total. The van der Waals surface area contributed by atoms with Crippen LogP contribution in [0.15, 0.2) is 54.6 Å². The molecule has 0 atom stereocenters. The molecule has 1 radical (unpaired) electrons. The van der Waals surface area contributed by atoms with Crippen LogP contribution in [0.1, 0.15) is 5.56 Å². The van der Waals surface area contributed by atoms with E-state index in [-0.39, 0.29) is 0 Å². The Balaban J connectivity index is 1.82. The summed E-state index contributed by atoms with van der Waals surface area (Å²) in [5, 5.41) is 0. The first-order chi connectivity index (χ1) is 7.84. The first kappa shape index (κ1) is 10.6. The molecule has 0 aromatic heterocycles. The number of rotatable bonds is 4. The maximum atomic E-state index is 7.35. The Hall–Kier alpha value is -1.96. The fourth-order valence-corrected chi connectivity index (χ4v) is 1.48. The molecule has 0 saturated carbocycles. The van der Waals surface area contributed by atoms with E-state index in [0.717, 1.165) is 12.2 Å². The molecule has 0 amide bonds. The molecular formula is C14H14NO. The van der Waals surface area contributed by atoms with Crippen LogP contribution in [0.4, 0.5) is 5.69 Å². The molecule has 0 bridgehead atoms. The minimum absolute atomic E-state index is 0.510. The average molecular weight is 212 g/mol. The quantitative estimate of drug-likeness (QED) is 0.765. The van der Waals surface area contributed by atoms with E-state index >= 15 is 0 Å². The standard InChI is InChI=1S/C14H14NO/c15-13-6-8-14(9-7-13)16-11-10-12-4-2-1-3-5-12/h1-9,15H,10-11H2. The Labute approximate surface area is 95.7 Å². The van der Waals surface area contributed by atoms with Gasteiger partial charge in [0.05, 0.1) is 12.3 Å². The lowest BCUT2D eigenvalue weighted by atomic mass is 10.2. The molecule has 0 heterocycles. The fraction of sp³-hybridized carbons (Fsp3) is 0.143. The van der Waals surface area contributed by atoms with Gasteiger partial charge in [-0.25, -0.2) is 0 Å². The molecule has 2 aromatic rings. The van der Waals surface area contributed by atoms with Crippen molar-refractivity contribution in [3.63, 3.8) is 0 Å². The van der Waals surface area contributed by atoms with Crippen LogP contribution in [0.5, 0.6) is 5.75 Å². The highest BCUT2D eigenvalue weighted by molar-refractivity contribution is 5.38. The van der Waals surface area contributed by atoms with Gasteiger partial charge in [0.2, 0.25) is 0 Å². The molecule has 0 fully saturated rings. The summed E-state index contributed by atoms with van der Waals surface area (Å²) in [6.07, 6.45) is 0.906. The number of hydrogen-bond acceptors (Lipinski definition) is 1. The van der Waals surface area contributed by atoms with Crippen LogP contribution in [0.2, 0.25) is 0 Å². The summed E-state index contributed by atoms with van der Waals surface area (Å²) >= 11 is 0. The molecule has 0 unspecified atom stereocenters. The van der Waals surface area contributed by atoms with Gasteiger partial charge >= 0.3 is 0 Å². The highest BCUT2D eigenvalue weighted by atomic mass is 16.5. The molecular weight excluding hydrogens is 198 g/mol. The van der Waals surface area contributed by atoms with Gasteiger partial charge in [-0.15, -0.1) is 0 Å². The minimum Gasteiger partial charge on any atom is -0.493 e. The van der Waals surface area contributed by atoms with Crippen LogP contribution in [-0.4, -0.2) is 6.61 Å². The SMILES string of the molecule is [NH]c1ccc(OCCc2ccccc2)cc1. The molecule has 0 saturated heterocycles. The molecule has 0 aliphatic carbocycles. The van der Waals surface area contributed by atoms with Crippen molar-refractivity contribution in [1.29, 1.82) is 0 Å². The van der Waals surface area contributed by atoms with Gasteiger partial charge in [-0.3, -0.25) is 0 Å². The Morgan fingerprint density at radius 3 is 2.25 bits per heavy atom. The number of hydrogen-bond donors (Lipinski definition) is 0. The first-order valence-corrected chi connectivity index (χ1v) is 5.33. The zero-order chi connectivity index (χ0) is 11.2. The summed E-state index contributed by atoms with van der Waals surface area (Å²) in [7, 11) is 0. The highest BCUT2D eigenvalue weighted by Crippen LogP contribution is 2.14. The summed E-state index contributed by atoms with van der Waals surface area (Å²) in [6.45, 7) is 0.668. The van der Waals surface area contributed by atoms with Crippen molar-refractivity contribution in [1.82, 2.24) is 5.73 Å². The predicted octanol–water partition coefficient (Wildman–Crippen LogP) is 3.22. The first-order valence-electron chi connectivity index (χ1n) is 5.33. The van der Waals surface area contributed by atoms with Crippen molar-refractivity contribution in [2.24, 2.45) is 0 Å². The van der Waals surface area contributed by atoms with E-state index in [2.05, 4.69) is 12.1 Å². The van der Waals surface area contributed by atoms with Crippen LogP contribution in [0.25, 0.3) is 0 Å². The fourth-order valence-electron chi connectivity index (χ4n) is 1.48. The Morgan fingerprint density at radius 1 is 0.875 bits per heavy atom.